The normalized spacial score (nSPS) is 11.2. The average Bonchev–Trinajstić information content (AvgIpc) is 2.36. The van der Waals surface area contributed by atoms with E-state index in [0.717, 1.165) is 32.0 Å². The van der Waals surface area contributed by atoms with Crippen LogP contribution in [0.2, 0.25) is 0 Å². The first-order valence-corrected chi connectivity index (χ1v) is 7.68. The monoisotopic (exact) mass is 282 g/mol. The highest BCUT2D eigenvalue weighted by atomic mass is 32.2. The van der Waals surface area contributed by atoms with Gasteiger partial charge in [0, 0.05) is 37.4 Å². The second-order valence-corrected chi connectivity index (χ2v) is 6.07. The molecule has 3 nitrogen and oxygen atoms in total. The Labute approximate surface area is 121 Å². The van der Waals surface area contributed by atoms with Crippen LogP contribution in [-0.4, -0.2) is 51.6 Å². The molecule has 0 saturated heterocycles. The molecule has 0 atom stereocenters. The zero-order chi connectivity index (χ0) is 14.1. The van der Waals surface area contributed by atoms with Gasteiger partial charge in [-0.25, -0.2) is 0 Å². The molecule has 0 fully saturated rings. The number of thioether (sulfide) groups is 1. The zero-order valence-electron chi connectivity index (χ0n) is 12.5. The number of hydrogen-bond acceptors (Lipinski definition) is 4. The number of benzene rings is 1. The molecule has 1 aromatic rings. The number of hydrogen-bond donors (Lipinski definition) is 1. The maximum absolute atomic E-state index is 5.05. The van der Waals surface area contributed by atoms with Gasteiger partial charge in [-0.15, -0.1) is 11.8 Å². The summed E-state index contributed by atoms with van der Waals surface area (Å²) in [6.07, 6.45) is 0. The van der Waals surface area contributed by atoms with Gasteiger partial charge in [0.25, 0.3) is 0 Å². The third kappa shape index (κ3) is 6.97. The van der Waals surface area contributed by atoms with Crippen molar-refractivity contribution in [3.05, 3.63) is 29.3 Å². The van der Waals surface area contributed by atoms with E-state index >= 15 is 0 Å². The minimum absolute atomic E-state index is 0.759. The fourth-order valence-corrected chi connectivity index (χ4v) is 2.88. The third-order valence-electron chi connectivity index (χ3n) is 2.81. The molecule has 19 heavy (non-hydrogen) atoms. The van der Waals surface area contributed by atoms with Gasteiger partial charge in [0.2, 0.25) is 0 Å². The lowest BCUT2D eigenvalue weighted by Gasteiger charge is -2.13. The largest absolute Gasteiger partial charge is 0.383 e. The maximum Gasteiger partial charge on any atom is 0.0587 e. The first-order valence-electron chi connectivity index (χ1n) is 6.70. The molecule has 1 N–H and O–H groups in total. The fourth-order valence-electron chi connectivity index (χ4n) is 1.72. The second kappa shape index (κ2) is 9.37. The van der Waals surface area contributed by atoms with Gasteiger partial charge in [0.05, 0.1) is 6.61 Å². The van der Waals surface area contributed by atoms with Gasteiger partial charge >= 0.3 is 0 Å². The molecule has 1 aromatic carbocycles. The van der Waals surface area contributed by atoms with E-state index in [1.165, 1.54) is 16.0 Å². The van der Waals surface area contributed by atoms with E-state index in [2.05, 4.69) is 49.4 Å². The van der Waals surface area contributed by atoms with Crippen molar-refractivity contribution in [2.45, 2.75) is 18.4 Å². The highest BCUT2D eigenvalue weighted by Gasteiger charge is 2.04. The summed E-state index contributed by atoms with van der Waals surface area (Å²) in [6.45, 7) is 5.82. The molecule has 0 saturated carbocycles. The number of ether oxygens (including phenoxy) is 1. The van der Waals surface area contributed by atoms with Crippen molar-refractivity contribution in [3.8, 4) is 0 Å². The molecule has 1 rings (SSSR count). The number of nitrogens with one attached hydrogen (secondary N) is 1. The first-order chi connectivity index (χ1) is 9.13. The van der Waals surface area contributed by atoms with Crippen LogP contribution in [0, 0.1) is 6.92 Å². The van der Waals surface area contributed by atoms with Crippen LogP contribution in [0.1, 0.15) is 11.1 Å². The lowest BCUT2D eigenvalue weighted by molar-refractivity contribution is 0.199. The van der Waals surface area contributed by atoms with Crippen molar-refractivity contribution < 1.29 is 4.74 Å². The van der Waals surface area contributed by atoms with Crippen LogP contribution < -0.4 is 5.32 Å². The van der Waals surface area contributed by atoms with Gasteiger partial charge < -0.3 is 15.0 Å². The minimum atomic E-state index is 0.759. The Morgan fingerprint density at radius 2 is 2.11 bits per heavy atom. The van der Waals surface area contributed by atoms with Gasteiger partial charge in [0.1, 0.15) is 0 Å². The Morgan fingerprint density at radius 1 is 1.32 bits per heavy atom. The van der Waals surface area contributed by atoms with Crippen LogP contribution in [0.3, 0.4) is 0 Å². The van der Waals surface area contributed by atoms with Crippen LogP contribution >= 0.6 is 11.8 Å². The van der Waals surface area contributed by atoms with Crippen molar-refractivity contribution in [1.82, 2.24) is 10.2 Å². The number of methoxy groups -OCH3 is 1. The molecule has 0 aliphatic carbocycles. The summed E-state index contributed by atoms with van der Waals surface area (Å²) >= 11 is 1.93. The van der Waals surface area contributed by atoms with Crippen molar-refractivity contribution in [1.29, 1.82) is 0 Å². The highest BCUT2D eigenvalue weighted by molar-refractivity contribution is 7.99. The molecule has 0 aliphatic heterocycles. The molecule has 0 unspecified atom stereocenters. The predicted molar refractivity (Wildman–Crippen MR) is 84.0 cm³/mol. The summed E-state index contributed by atoms with van der Waals surface area (Å²) < 4.78 is 5.05. The van der Waals surface area contributed by atoms with Gasteiger partial charge in [0.15, 0.2) is 0 Å². The SMILES string of the molecule is COCCNCc1cc(C)ccc1SCCN(C)C. The Morgan fingerprint density at radius 3 is 2.79 bits per heavy atom. The third-order valence-corrected chi connectivity index (χ3v) is 3.91. The summed E-state index contributed by atoms with van der Waals surface area (Å²) in [4.78, 5) is 3.61. The van der Waals surface area contributed by atoms with E-state index in [4.69, 9.17) is 4.74 Å². The standard InChI is InChI=1S/C15H26N2OS/c1-13-5-6-15(19-10-8-17(2)3)14(11-13)12-16-7-9-18-4/h5-6,11,16H,7-10,12H2,1-4H3. The Balaban J connectivity index is 2.53. The van der Waals surface area contributed by atoms with Crippen LogP contribution in [0.5, 0.6) is 0 Å². The van der Waals surface area contributed by atoms with Crippen molar-refractivity contribution >= 4 is 11.8 Å². The molecule has 108 valence electrons. The van der Waals surface area contributed by atoms with E-state index in [9.17, 15) is 0 Å². The van der Waals surface area contributed by atoms with Crippen LogP contribution in [0.25, 0.3) is 0 Å². The van der Waals surface area contributed by atoms with Gasteiger partial charge in [-0.2, -0.15) is 0 Å². The lowest BCUT2D eigenvalue weighted by Crippen LogP contribution is -2.19. The van der Waals surface area contributed by atoms with E-state index in [1.54, 1.807) is 7.11 Å². The average molecular weight is 282 g/mol. The number of aryl methyl sites for hydroxylation is 1. The molecular formula is C15H26N2OS. The van der Waals surface area contributed by atoms with E-state index in [0.29, 0.717) is 0 Å². The van der Waals surface area contributed by atoms with E-state index in [1.807, 2.05) is 11.8 Å². The number of nitrogens with zero attached hydrogens (tertiary/aromatic N) is 1. The van der Waals surface area contributed by atoms with Gasteiger partial charge in [-0.05, 0) is 32.6 Å². The van der Waals surface area contributed by atoms with Crippen molar-refractivity contribution in [2.24, 2.45) is 0 Å². The molecule has 0 radical (unpaired) electrons. The molecule has 4 heteroatoms. The quantitative estimate of drug-likeness (QED) is 0.555. The Hall–Kier alpha value is -0.550. The topological polar surface area (TPSA) is 24.5 Å². The fraction of sp³-hybridized carbons (Fsp3) is 0.600. The molecule has 0 amide bonds. The van der Waals surface area contributed by atoms with Crippen molar-refractivity contribution in [3.63, 3.8) is 0 Å². The summed E-state index contributed by atoms with van der Waals surface area (Å²) in [6, 6.07) is 6.71. The Bertz CT molecular complexity index is 369. The van der Waals surface area contributed by atoms with Crippen LogP contribution in [0.15, 0.2) is 23.1 Å². The highest BCUT2D eigenvalue weighted by Crippen LogP contribution is 2.23. The molecule has 0 heterocycles. The van der Waals surface area contributed by atoms with Crippen LogP contribution in [-0.2, 0) is 11.3 Å². The van der Waals surface area contributed by atoms with E-state index < -0.39 is 0 Å². The summed E-state index contributed by atoms with van der Waals surface area (Å²) in [7, 11) is 5.96. The van der Waals surface area contributed by atoms with Crippen molar-refractivity contribution in [2.75, 3.05) is 46.7 Å². The summed E-state index contributed by atoms with van der Waals surface area (Å²) in [5.74, 6) is 1.13. The minimum Gasteiger partial charge on any atom is -0.383 e. The maximum atomic E-state index is 5.05. The molecular weight excluding hydrogens is 256 g/mol. The number of rotatable bonds is 9. The molecule has 0 aromatic heterocycles. The predicted octanol–water partition coefficient (Wildman–Crippen LogP) is 2.38. The van der Waals surface area contributed by atoms with E-state index in [-0.39, 0.29) is 0 Å². The molecule has 0 aliphatic rings. The molecule has 0 spiro atoms. The van der Waals surface area contributed by atoms with Crippen LogP contribution in [0.4, 0.5) is 0 Å². The van der Waals surface area contributed by atoms with Gasteiger partial charge in [-0.3, -0.25) is 0 Å². The molecule has 0 bridgehead atoms. The Kier molecular flexibility index (Phi) is 8.14. The van der Waals surface area contributed by atoms with Gasteiger partial charge in [-0.1, -0.05) is 17.7 Å². The first kappa shape index (κ1) is 16.5. The lowest BCUT2D eigenvalue weighted by atomic mass is 10.1. The smallest absolute Gasteiger partial charge is 0.0587 e. The zero-order valence-corrected chi connectivity index (χ0v) is 13.3. The second-order valence-electron chi connectivity index (χ2n) is 4.93. The summed E-state index contributed by atoms with van der Waals surface area (Å²) in [5.41, 5.74) is 2.71. The summed E-state index contributed by atoms with van der Waals surface area (Å²) in [5, 5.41) is 3.42.